The van der Waals surface area contributed by atoms with Crippen LogP contribution in [0.3, 0.4) is 0 Å². The van der Waals surface area contributed by atoms with Gasteiger partial charge in [-0.1, -0.05) is 12.1 Å². The molecule has 17 heavy (non-hydrogen) atoms. The maximum atomic E-state index is 11.6. The summed E-state index contributed by atoms with van der Waals surface area (Å²) in [5.74, 6) is -0.0936. The number of fused-ring (bicyclic) bond motifs is 1. The molecule has 0 bridgehead atoms. The standard InChI is InChI=1S/C11H13N3O2S/c12-5-7-17(15,16)14-11-3-1-2-9-4-6-13-8-10(9)11/h1-4,6,8,14H,5,7,12H2. The third-order valence-corrected chi connectivity index (χ3v) is 3.64. The Labute approximate surface area is 99.7 Å². The number of nitrogens with zero attached hydrogens (tertiary/aromatic N) is 1. The van der Waals surface area contributed by atoms with Crippen LogP contribution < -0.4 is 10.5 Å². The molecule has 0 aliphatic heterocycles. The Kier molecular flexibility index (Phi) is 3.26. The molecule has 0 saturated carbocycles. The predicted molar refractivity (Wildman–Crippen MR) is 68.2 cm³/mol. The summed E-state index contributed by atoms with van der Waals surface area (Å²) in [5.41, 5.74) is 5.78. The number of hydrogen-bond donors (Lipinski definition) is 2. The zero-order valence-electron chi connectivity index (χ0n) is 9.13. The lowest BCUT2D eigenvalue weighted by molar-refractivity contribution is 0.601. The van der Waals surface area contributed by atoms with Crippen molar-refractivity contribution in [3.63, 3.8) is 0 Å². The van der Waals surface area contributed by atoms with E-state index in [9.17, 15) is 8.42 Å². The maximum Gasteiger partial charge on any atom is 0.233 e. The quantitative estimate of drug-likeness (QED) is 0.846. The van der Waals surface area contributed by atoms with E-state index in [4.69, 9.17) is 5.73 Å². The van der Waals surface area contributed by atoms with Crippen LogP contribution in [-0.2, 0) is 10.0 Å². The van der Waals surface area contributed by atoms with Crippen LogP contribution in [0.5, 0.6) is 0 Å². The molecule has 0 aliphatic carbocycles. The Hall–Kier alpha value is -1.66. The summed E-state index contributed by atoms with van der Waals surface area (Å²) in [6.07, 6.45) is 3.30. The fourth-order valence-electron chi connectivity index (χ4n) is 1.58. The van der Waals surface area contributed by atoms with Crippen molar-refractivity contribution in [3.05, 3.63) is 36.7 Å². The van der Waals surface area contributed by atoms with Crippen molar-refractivity contribution in [2.24, 2.45) is 5.73 Å². The van der Waals surface area contributed by atoms with Crippen LogP contribution in [0.2, 0.25) is 0 Å². The van der Waals surface area contributed by atoms with E-state index >= 15 is 0 Å². The minimum absolute atomic E-state index is 0.0936. The topological polar surface area (TPSA) is 85.1 Å². The Morgan fingerprint density at radius 1 is 1.29 bits per heavy atom. The van der Waals surface area contributed by atoms with Crippen LogP contribution in [0.1, 0.15) is 0 Å². The van der Waals surface area contributed by atoms with E-state index in [2.05, 4.69) is 9.71 Å². The number of aromatic nitrogens is 1. The van der Waals surface area contributed by atoms with E-state index in [1.54, 1.807) is 24.5 Å². The molecule has 0 spiro atoms. The number of anilines is 1. The summed E-state index contributed by atoms with van der Waals surface area (Å²) < 4.78 is 25.8. The molecule has 5 nitrogen and oxygen atoms in total. The van der Waals surface area contributed by atoms with Gasteiger partial charge in [0.15, 0.2) is 0 Å². The average Bonchev–Trinajstić information content (AvgIpc) is 2.29. The lowest BCUT2D eigenvalue weighted by Crippen LogP contribution is -2.22. The third kappa shape index (κ3) is 2.72. The Morgan fingerprint density at radius 3 is 2.88 bits per heavy atom. The molecule has 0 atom stereocenters. The highest BCUT2D eigenvalue weighted by atomic mass is 32.2. The lowest BCUT2D eigenvalue weighted by Gasteiger charge is -2.09. The van der Waals surface area contributed by atoms with Gasteiger partial charge in [0, 0.05) is 24.3 Å². The van der Waals surface area contributed by atoms with Gasteiger partial charge in [-0.05, 0) is 17.5 Å². The molecule has 1 heterocycles. The molecular formula is C11H13N3O2S. The molecule has 0 unspecified atom stereocenters. The summed E-state index contributed by atoms with van der Waals surface area (Å²) in [6.45, 7) is 0.0956. The number of nitrogens with one attached hydrogen (secondary N) is 1. The third-order valence-electron chi connectivity index (χ3n) is 2.34. The summed E-state index contributed by atoms with van der Waals surface area (Å²) in [7, 11) is -3.38. The van der Waals surface area contributed by atoms with Crippen molar-refractivity contribution < 1.29 is 8.42 Å². The molecule has 0 fully saturated rings. The Morgan fingerprint density at radius 2 is 2.12 bits per heavy atom. The van der Waals surface area contributed by atoms with E-state index in [0.29, 0.717) is 5.69 Å². The van der Waals surface area contributed by atoms with E-state index in [1.807, 2.05) is 12.1 Å². The largest absolute Gasteiger partial charge is 0.329 e. The number of pyridine rings is 1. The molecule has 0 aliphatic rings. The molecule has 2 aromatic rings. The van der Waals surface area contributed by atoms with Crippen LogP contribution in [-0.4, -0.2) is 25.7 Å². The maximum absolute atomic E-state index is 11.6. The van der Waals surface area contributed by atoms with E-state index in [1.165, 1.54) is 0 Å². The average molecular weight is 251 g/mol. The highest BCUT2D eigenvalue weighted by Gasteiger charge is 2.10. The van der Waals surface area contributed by atoms with Gasteiger partial charge in [-0.2, -0.15) is 0 Å². The van der Waals surface area contributed by atoms with Gasteiger partial charge in [-0.25, -0.2) is 8.42 Å². The first kappa shape index (κ1) is 11.8. The van der Waals surface area contributed by atoms with Crippen molar-refractivity contribution >= 4 is 26.5 Å². The first-order valence-corrected chi connectivity index (χ1v) is 6.81. The first-order valence-electron chi connectivity index (χ1n) is 5.16. The fourth-order valence-corrected chi connectivity index (χ4v) is 2.50. The van der Waals surface area contributed by atoms with Crippen LogP contribution in [0.15, 0.2) is 36.7 Å². The summed E-state index contributed by atoms with van der Waals surface area (Å²) in [5, 5.41) is 1.71. The minimum atomic E-state index is -3.38. The highest BCUT2D eigenvalue weighted by molar-refractivity contribution is 7.92. The molecular weight excluding hydrogens is 238 g/mol. The number of sulfonamides is 1. The number of nitrogens with two attached hydrogens (primary N) is 1. The van der Waals surface area contributed by atoms with Gasteiger partial charge in [-0.15, -0.1) is 0 Å². The van der Waals surface area contributed by atoms with Gasteiger partial charge in [0.1, 0.15) is 0 Å². The first-order chi connectivity index (χ1) is 8.12. The van der Waals surface area contributed by atoms with Gasteiger partial charge >= 0.3 is 0 Å². The second kappa shape index (κ2) is 4.68. The van der Waals surface area contributed by atoms with Crippen molar-refractivity contribution in [2.45, 2.75) is 0 Å². The van der Waals surface area contributed by atoms with Crippen LogP contribution in [0.25, 0.3) is 10.8 Å². The molecule has 0 saturated heterocycles. The van der Waals surface area contributed by atoms with Gasteiger partial charge < -0.3 is 5.73 Å². The molecule has 6 heteroatoms. The van der Waals surface area contributed by atoms with E-state index in [0.717, 1.165) is 10.8 Å². The highest BCUT2D eigenvalue weighted by Crippen LogP contribution is 2.22. The molecule has 1 aromatic heterocycles. The van der Waals surface area contributed by atoms with Gasteiger partial charge in [0.25, 0.3) is 0 Å². The normalized spacial score (nSPS) is 11.6. The molecule has 3 N–H and O–H groups in total. The molecule has 0 amide bonds. The smallest absolute Gasteiger partial charge is 0.233 e. The molecule has 90 valence electrons. The Balaban J connectivity index is 2.43. The SMILES string of the molecule is NCCS(=O)(=O)Nc1cccc2ccncc12. The van der Waals surface area contributed by atoms with Crippen molar-refractivity contribution in [1.29, 1.82) is 0 Å². The van der Waals surface area contributed by atoms with E-state index < -0.39 is 10.0 Å². The second-order valence-electron chi connectivity index (χ2n) is 3.61. The van der Waals surface area contributed by atoms with Gasteiger partial charge in [0.2, 0.25) is 10.0 Å². The van der Waals surface area contributed by atoms with Crippen molar-refractivity contribution in [3.8, 4) is 0 Å². The Bertz CT molecular complexity index is 620. The number of rotatable bonds is 4. The van der Waals surface area contributed by atoms with Crippen LogP contribution in [0, 0.1) is 0 Å². The van der Waals surface area contributed by atoms with Crippen molar-refractivity contribution in [2.75, 3.05) is 17.0 Å². The molecule has 0 radical (unpaired) electrons. The van der Waals surface area contributed by atoms with Crippen LogP contribution >= 0.6 is 0 Å². The zero-order valence-corrected chi connectivity index (χ0v) is 9.94. The minimum Gasteiger partial charge on any atom is -0.329 e. The lowest BCUT2D eigenvalue weighted by atomic mass is 10.1. The summed E-state index contributed by atoms with van der Waals surface area (Å²) >= 11 is 0. The second-order valence-corrected chi connectivity index (χ2v) is 5.45. The predicted octanol–water partition coefficient (Wildman–Crippen LogP) is 0.935. The monoisotopic (exact) mass is 251 g/mol. The van der Waals surface area contributed by atoms with Gasteiger partial charge in [-0.3, -0.25) is 9.71 Å². The summed E-state index contributed by atoms with van der Waals surface area (Å²) in [6, 6.07) is 7.23. The van der Waals surface area contributed by atoms with E-state index in [-0.39, 0.29) is 12.3 Å². The fraction of sp³-hybridized carbons (Fsp3) is 0.182. The zero-order chi connectivity index (χ0) is 12.3. The van der Waals surface area contributed by atoms with Crippen LogP contribution in [0.4, 0.5) is 5.69 Å². The van der Waals surface area contributed by atoms with Crippen molar-refractivity contribution in [1.82, 2.24) is 4.98 Å². The number of benzene rings is 1. The van der Waals surface area contributed by atoms with Gasteiger partial charge in [0.05, 0.1) is 11.4 Å². The molecule has 1 aromatic carbocycles. The molecule has 2 rings (SSSR count). The summed E-state index contributed by atoms with van der Waals surface area (Å²) in [4.78, 5) is 3.99. The number of hydrogen-bond acceptors (Lipinski definition) is 4.